The number of aromatic nitrogens is 2. The van der Waals surface area contributed by atoms with Crippen LogP contribution in [0, 0.1) is 5.41 Å². The lowest BCUT2D eigenvalue weighted by Crippen LogP contribution is -2.48. The van der Waals surface area contributed by atoms with Gasteiger partial charge in [0.15, 0.2) is 5.69 Å². The van der Waals surface area contributed by atoms with E-state index < -0.39 is 41.8 Å². The van der Waals surface area contributed by atoms with Crippen molar-refractivity contribution in [1.82, 2.24) is 9.55 Å². The van der Waals surface area contributed by atoms with Crippen molar-refractivity contribution in [3.8, 4) is 11.1 Å². The van der Waals surface area contributed by atoms with Crippen LogP contribution in [0.5, 0.6) is 0 Å². The van der Waals surface area contributed by atoms with Crippen molar-refractivity contribution in [3.63, 3.8) is 0 Å². The van der Waals surface area contributed by atoms with E-state index in [-0.39, 0.29) is 17.9 Å². The summed E-state index contributed by atoms with van der Waals surface area (Å²) in [4.78, 5) is 30.4. The quantitative estimate of drug-likeness (QED) is 0.0664. The van der Waals surface area contributed by atoms with Crippen molar-refractivity contribution >= 4 is 11.9 Å². The van der Waals surface area contributed by atoms with Gasteiger partial charge in [0.2, 0.25) is 12.5 Å². The molecule has 2 heterocycles. The highest BCUT2D eigenvalue weighted by molar-refractivity contribution is 5.89. The number of aryl methyl sites for hydroxylation is 1. The van der Waals surface area contributed by atoms with Gasteiger partial charge in [0.25, 0.3) is 0 Å². The number of nitrogens with zero attached hydrogens (tertiary/aromatic N) is 6. The Morgan fingerprint density at radius 3 is 1.76 bits per heavy atom. The molecule has 0 saturated heterocycles. The molecule has 0 bridgehead atoms. The molecule has 0 spiro atoms. The summed E-state index contributed by atoms with van der Waals surface area (Å²) in [7, 11) is 0. The van der Waals surface area contributed by atoms with Gasteiger partial charge in [0.05, 0.1) is 23.1 Å². The zero-order valence-electron chi connectivity index (χ0n) is 33.1. The van der Waals surface area contributed by atoms with Crippen LogP contribution in [0.15, 0.2) is 160 Å². The standard InChI is InChI=1S/C47H46N6O5/c1-5-17-41-48-40(31-54)42(43(55)57-32-58-44(56)45(2,3)4)53(41)30-33-26-28-34(29-27-33)38-24-15-16-25-39(38)47(49-51-52-50-47)46(35-18-9-6-10-19-35,36-20-11-7-12-21-36)37-22-13-8-14-23-37/h6-16,18-29,54H,5,17,30-32H2,1-4H3. The SMILES string of the molecule is CCCc1nc(CO)c(C(=O)OCOC(=O)C(C)(C)C)n1Cc1ccc(-c2ccccc2C2(C(c3ccccc3)(c3ccccc3)c3ccccc3)N=NN=N2)cc1. The van der Waals surface area contributed by atoms with Crippen LogP contribution in [0.4, 0.5) is 0 Å². The lowest BCUT2D eigenvalue weighted by atomic mass is 9.59. The molecule has 0 saturated carbocycles. The Labute approximate surface area is 338 Å². The molecule has 0 radical (unpaired) electrons. The summed E-state index contributed by atoms with van der Waals surface area (Å²) in [6.45, 7) is 6.43. The fraction of sp³-hybridized carbons (Fsp3) is 0.255. The number of aliphatic hydroxyl groups is 1. The van der Waals surface area contributed by atoms with Crippen molar-refractivity contribution in [3.05, 3.63) is 185 Å². The Morgan fingerprint density at radius 1 is 0.707 bits per heavy atom. The van der Waals surface area contributed by atoms with Crippen LogP contribution in [0.25, 0.3) is 11.1 Å². The van der Waals surface area contributed by atoms with Crippen LogP contribution in [0.1, 0.15) is 83.9 Å². The molecule has 1 aliphatic rings. The van der Waals surface area contributed by atoms with Crippen molar-refractivity contribution in [2.45, 2.75) is 64.8 Å². The first-order valence-corrected chi connectivity index (χ1v) is 19.4. The van der Waals surface area contributed by atoms with Gasteiger partial charge in [-0.2, -0.15) is 0 Å². The van der Waals surface area contributed by atoms with Crippen LogP contribution >= 0.6 is 0 Å². The first-order chi connectivity index (χ1) is 28.1. The predicted octanol–water partition coefficient (Wildman–Crippen LogP) is 9.77. The fourth-order valence-corrected chi connectivity index (χ4v) is 7.73. The number of imidazole rings is 1. The van der Waals surface area contributed by atoms with Crippen LogP contribution < -0.4 is 0 Å². The summed E-state index contributed by atoms with van der Waals surface area (Å²) in [6.07, 6.45) is 1.34. The Morgan fingerprint density at radius 2 is 1.24 bits per heavy atom. The number of carbonyl (C=O) groups is 2. The van der Waals surface area contributed by atoms with Gasteiger partial charge in [0.1, 0.15) is 5.82 Å². The highest BCUT2D eigenvalue weighted by atomic mass is 16.7. The lowest BCUT2D eigenvalue weighted by Gasteiger charge is -2.45. The number of aliphatic hydroxyl groups excluding tert-OH is 1. The van der Waals surface area contributed by atoms with Gasteiger partial charge >= 0.3 is 11.9 Å². The molecule has 0 aliphatic carbocycles. The average molecular weight is 775 g/mol. The Bertz CT molecular complexity index is 2310. The van der Waals surface area contributed by atoms with Crippen LogP contribution in [0.2, 0.25) is 0 Å². The third-order valence-electron chi connectivity index (χ3n) is 10.4. The largest absolute Gasteiger partial charge is 0.427 e. The lowest BCUT2D eigenvalue weighted by molar-refractivity contribution is -0.161. The van der Waals surface area contributed by atoms with Gasteiger partial charge in [-0.25, -0.2) is 9.78 Å². The molecule has 0 unspecified atom stereocenters. The number of esters is 2. The van der Waals surface area contributed by atoms with Gasteiger partial charge in [-0.05, 0) is 71.0 Å². The number of hydrogen-bond acceptors (Lipinski definition) is 10. The molecule has 1 aromatic heterocycles. The van der Waals surface area contributed by atoms with E-state index in [1.165, 1.54) is 0 Å². The topological polar surface area (TPSA) is 140 Å². The van der Waals surface area contributed by atoms with Crippen LogP contribution in [-0.2, 0) is 44.9 Å². The first-order valence-electron chi connectivity index (χ1n) is 19.4. The summed E-state index contributed by atoms with van der Waals surface area (Å²) in [5.74, 6) is -0.604. The third-order valence-corrected chi connectivity index (χ3v) is 10.4. The van der Waals surface area contributed by atoms with Crippen LogP contribution in [0.3, 0.4) is 0 Å². The maximum absolute atomic E-state index is 13.5. The zero-order valence-corrected chi connectivity index (χ0v) is 33.1. The van der Waals surface area contributed by atoms with E-state index in [0.717, 1.165) is 45.4 Å². The molecule has 0 atom stereocenters. The molecule has 1 N–H and O–H groups in total. The zero-order chi connectivity index (χ0) is 40.8. The maximum atomic E-state index is 13.5. The normalized spacial score (nSPS) is 13.4. The number of rotatable bonds is 14. The van der Waals surface area contributed by atoms with Crippen molar-refractivity contribution in [2.75, 3.05) is 6.79 Å². The molecule has 5 aromatic carbocycles. The minimum Gasteiger partial charge on any atom is -0.427 e. The summed E-state index contributed by atoms with van der Waals surface area (Å²) in [6, 6.07) is 47.0. The molecule has 1 aliphatic heterocycles. The number of hydrogen-bond donors (Lipinski definition) is 1. The maximum Gasteiger partial charge on any atom is 0.359 e. The molecular formula is C47H46N6O5. The second-order valence-electron chi connectivity index (χ2n) is 15.2. The van der Waals surface area contributed by atoms with Gasteiger partial charge in [-0.3, -0.25) is 4.79 Å². The minimum atomic E-state index is -1.35. The number of ether oxygens (including phenoxy) is 2. The highest BCUT2D eigenvalue weighted by Crippen LogP contribution is 2.58. The van der Waals surface area contributed by atoms with E-state index in [0.29, 0.717) is 12.2 Å². The van der Waals surface area contributed by atoms with Crippen molar-refractivity contribution in [1.29, 1.82) is 0 Å². The summed E-state index contributed by atoms with van der Waals surface area (Å²) < 4.78 is 12.4. The monoisotopic (exact) mass is 774 g/mol. The van der Waals surface area contributed by atoms with Crippen molar-refractivity contribution in [2.24, 2.45) is 26.1 Å². The molecule has 0 fully saturated rings. The fourth-order valence-electron chi connectivity index (χ4n) is 7.73. The van der Waals surface area contributed by atoms with Crippen LogP contribution in [-0.4, -0.2) is 33.4 Å². The molecule has 0 amide bonds. The summed E-state index contributed by atoms with van der Waals surface area (Å²) in [5, 5.41) is 28.7. The molecule has 6 aromatic rings. The number of benzene rings is 5. The molecule has 11 nitrogen and oxygen atoms in total. The summed E-state index contributed by atoms with van der Waals surface area (Å²) in [5.41, 5.74) is 3.65. The smallest absolute Gasteiger partial charge is 0.359 e. The van der Waals surface area contributed by atoms with Crippen molar-refractivity contribution < 1.29 is 24.2 Å². The first kappa shape index (κ1) is 39.6. The molecular weight excluding hydrogens is 729 g/mol. The second kappa shape index (κ2) is 16.9. The van der Waals surface area contributed by atoms with E-state index in [1.54, 1.807) is 25.3 Å². The van der Waals surface area contributed by atoms with E-state index in [2.05, 4.69) is 57.9 Å². The molecule has 58 heavy (non-hydrogen) atoms. The van der Waals surface area contributed by atoms with Gasteiger partial charge in [0, 0.05) is 18.5 Å². The van der Waals surface area contributed by atoms with E-state index in [1.807, 2.05) is 104 Å². The highest BCUT2D eigenvalue weighted by Gasteiger charge is 2.60. The van der Waals surface area contributed by atoms with E-state index in [9.17, 15) is 14.7 Å². The molecule has 11 heteroatoms. The number of carbonyl (C=O) groups excluding carboxylic acids is 2. The van der Waals surface area contributed by atoms with Gasteiger partial charge in [-0.15, -0.1) is 10.2 Å². The Hall–Kier alpha value is -6.59. The average Bonchev–Trinajstić information content (AvgIpc) is 3.88. The third kappa shape index (κ3) is 7.36. The van der Waals surface area contributed by atoms with Gasteiger partial charge < -0.3 is 19.1 Å². The Kier molecular flexibility index (Phi) is 11.5. The summed E-state index contributed by atoms with van der Waals surface area (Å²) >= 11 is 0. The van der Waals surface area contributed by atoms with Gasteiger partial charge in [-0.1, -0.05) is 146 Å². The van der Waals surface area contributed by atoms with E-state index in [4.69, 9.17) is 19.7 Å². The predicted molar refractivity (Wildman–Crippen MR) is 220 cm³/mol. The molecule has 7 rings (SSSR count). The second-order valence-corrected chi connectivity index (χ2v) is 15.2. The minimum absolute atomic E-state index is 0.116. The molecule has 294 valence electrons. The Balaban J connectivity index is 1.30. The van der Waals surface area contributed by atoms with E-state index >= 15 is 0 Å².